The van der Waals surface area contributed by atoms with Gasteiger partial charge in [0.15, 0.2) is 0 Å². The fourth-order valence-electron chi connectivity index (χ4n) is 3.20. The molecule has 0 bridgehead atoms. The van der Waals surface area contributed by atoms with Crippen molar-refractivity contribution < 1.29 is 4.74 Å². The number of rotatable bonds is 3. The van der Waals surface area contributed by atoms with Gasteiger partial charge < -0.3 is 10.1 Å². The molecule has 3 rings (SSSR count). The molecule has 0 radical (unpaired) electrons. The zero-order valence-electron chi connectivity index (χ0n) is 10.6. The van der Waals surface area contributed by atoms with Crippen LogP contribution in [0.2, 0.25) is 5.02 Å². The predicted molar refractivity (Wildman–Crippen MR) is 74.2 cm³/mol. The van der Waals surface area contributed by atoms with E-state index in [-0.39, 0.29) is 0 Å². The molecule has 1 aromatic carbocycles. The molecule has 1 N–H and O–H groups in total. The maximum Gasteiger partial charge on any atom is 0.0468 e. The van der Waals surface area contributed by atoms with Gasteiger partial charge in [0.2, 0.25) is 0 Å². The Balaban J connectivity index is 1.74. The van der Waals surface area contributed by atoms with E-state index in [1.807, 2.05) is 12.1 Å². The third-order valence-electron chi connectivity index (χ3n) is 4.40. The van der Waals surface area contributed by atoms with Gasteiger partial charge in [-0.15, -0.1) is 0 Å². The van der Waals surface area contributed by atoms with E-state index in [4.69, 9.17) is 16.3 Å². The van der Waals surface area contributed by atoms with Crippen LogP contribution >= 0.6 is 11.6 Å². The molecule has 98 valence electrons. The van der Waals surface area contributed by atoms with E-state index < -0.39 is 0 Å². The molecule has 2 aliphatic heterocycles. The van der Waals surface area contributed by atoms with E-state index >= 15 is 0 Å². The molecule has 2 nitrogen and oxygen atoms in total. The molecule has 1 aromatic rings. The SMILES string of the molecule is Clc1ccc(C2(CC3CCOCC3)CNC2)cc1. The first kappa shape index (κ1) is 12.5. The minimum Gasteiger partial charge on any atom is -0.381 e. The second kappa shape index (κ2) is 5.20. The summed E-state index contributed by atoms with van der Waals surface area (Å²) in [5.74, 6) is 0.816. The lowest BCUT2D eigenvalue weighted by Gasteiger charge is -2.46. The van der Waals surface area contributed by atoms with Gasteiger partial charge in [-0.25, -0.2) is 0 Å². The standard InChI is InChI=1S/C15H20ClNO/c16-14-3-1-13(2-4-14)15(10-17-11-15)9-12-5-7-18-8-6-12/h1-4,12,17H,5-11H2. The highest BCUT2D eigenvalue weighted by atomic mass is 35.5. The minimum absolute atomic E-state index is 0.340. The van der Waals surface area contributed by atoms with Crippen molar-refractivity contribution in [3.05, 3.63) is 34.9 Å². The summed E-state index contributed by atoms with van der Waals surface area (Å²) >= 11 is 5.98. The third kappa shape index (κ3) is 2.42. The molecule has 0 unspecified atom stereocenters. The van der Waals surface area contributed by atoms with Crippen molar-refractivity contribution in [2.75, 3.05) is 26.3 Å². The van der Waals surface area contributed by atoms with Crippen molar-refractivity contribution in [3.63, 3.8) is 0 Å². The number of ether oxygens (including phenoxy) is 1. The molecule has 2 fully saturated rings. The van der Waals surface area contributed by atoms with Crippen molar-refractivity contribution in [1.29, 1.82) is 0 Å². The number of halogens is 1. The Labute approximate surface area is 114 Å². The summed E-state index contributed by atoms with van der Waals surface area (Å²) in [5.41, 5.74) is 1.78. The Hall–Kier alpha value is -0.570. The Kier molecular flexibility index (Phi) is 3.60. The fourth-order valence-corrected chi connectivity index (χ4v) is 3.33. The number of hydrogen-bond acceptors (Lipinski definition) is 2. The highest BCUT2D eigenvalue weighted by Gasteiger charge is 2.40. The van der Waals surface area contributed by atoms with E-state index in [2.05, 4.69) is 17.4 Å². The first-order valence-electron chi connectivity index (χ1n) is 6.83. The van der Waals surface area contributed by atoms with Crippen LogP contribution in [0.25, 0.3) is 0 Å². The molecule has 0 atom stereocenters. The molecule has 0 aliphatic carbocycles. The maximum atomic E-state index is 5.98. The monoisotopic (exact) mass is 265 g/mol. The van der Waals surface area contributed by atoms with Crippen LogP contribution in [0, 0.1) is 5.92 Å². The molecule has 0 aromatic heterocycles. The number of benzene rings is 1. The van der Waals surface area contributed by atoms with Gasteiger partial charge in [-0.05, 0) is 42.9 Å². The minimum atomic E-state index is 0.340. The van der Waals surface area contributed by atoms with E-state index in [1.54, 1.807) is 0 Å². The maximum absolute atomic E-state index is 5.98. The molecular weight excluding hydrogens is 246 g/mol. The van der Waals surface area contributed by atoms with Crippen molar-refractivity contribution in [3.8, 4) is 0 Å². The zero-order chi connectivity index (χ0) is 12.4. The molecule has 0 saturated carbocycles. The van der Waals surface area contributed by atoms with E-state index in [0.29, 0.717) is 5.41 Å². The van der Waals surface area contributed by atoms with Crippen LogP contribution in [-0.4, -0.2) is 26.3 Å². The summed E-state index contributed by atoms with van der Waals surface area (Å²) in [5, 5.41) is 4.27. The van der Waals surface area contributed by atoms with Gasteiger partial charge in [0.25, 0.3) is 0 Å². The average molecular weight is 266 g/mol. The molecule has 0 spiro atoms. The number of hydrogen-bond donors (Lipinski definition) is 1. The third-order valence-corrected chi connectivity index (χ3v) is 4.66. The van der Waals surface area contributed by atoms with Crippen LogP contribution in [0.3, 0.4) is 0 Å². The van der Waals surface area contributed by atoms with Crippen LogP contribution in [0.5, 0.6) is 0 Å². The van der Waals surface area contributed by atoms with E-state index in [0.717, 1.165) is 37.2 Å². The van der Waals surface area contributed by atoms with Crippen LogP contribution in [-0.2, 0) is 10.2 Å². The summed E-state index contributed by atoms with van der Waals surface area (Å²) in [6, 6.07) is 8.42. The summed E-state index contributed by atoms with van der Waals surface area (Å²) < 4.78 is 5.45. The molecule has 18 heavy (non-hydrogen) atoms. The van der Waals surface area contributed by atoms with Crippen LogP contribution in [0.4, 0.5) is 0 Å². The highest BCUT2D eigenvalue weighted by molar-refractivity contribution is 6.30. The van der Waals surface area contributed by atoms with E-state index in [1.165, 1.54) is 24.8 Å². The van der Waals surface area contributed by atoms with Gasteiger partial charge in [0, 0.05) is 36.7 Å². The molecular formula is C15H20ClNO. The van der Waals surface area contributed by atoms with Crippen LogP contribution in [0.15, 0.2) is 24.3 Å². The van der Waals surface area contributed by atoms with Gasteiger partial charge >= 0.3 is 0 Å². The normalized spacial score (nSPS) is 23.6. The molecule has 2 heterocycles. The topological polar surface area (TPSA) is 21.3 Å². The quantitative estimate of drug-likeness (QED) is 0.907. The Morgan fingerprint density at radius 2 is 1.83 bits per heavy atom. The highest BCUT2D eigenvalue weighted by Crippen LogP contribution is 2.38. The van der Waals surface area contributed by atoms with Gasteiger partial charge in [0.1, 0.15) is 0 Å². The largest absolute Gasteiger partial charge is 0.381 e. The van der Waals surface area contributed by atoms with Crippen LogP contribution in [0.1, 0.15) is 24.8 Å². The predicted octanol–water partition coefficient (Wildman–Crippen LogP) is 3.00. The van der Waals surface area contributed by atoms with E-state index in [9.17, 15) is 0 Å². The first-order chi connectivity index (χ1) is 8.78. The van der Waals surface area contributed by atoms with Crippen LogP contribution < -0.4 is 5.32 Å². The van der Waals surface area contributed by atoms with Crippen molar-refractivity contribution in [2.45, 2.75) is 24.7 Å². The second-order valence-corrected chi connectivity index (χ2v) is 6.09. The van der Waals surface area contributed by atoms with Gasteiger partial charge in [0.05, 0.1) is 0 Å². The summed E-state index contributed by atoms with van der Waals surface area (Å²) in [6.07, 6.45) is 3.72. The summed E-state index contributed by atoms with van der Waals surface area (Å²) in [6.45, 7) is 4.08. The average Bonchev–Trinajstić information content (AvgIpc) is 2.36. The fraction of sp³-hybridized carbons (Fsp3) is 0.600. The Bertz CT molecular complexity index is 393. The number of nitrogens with one attached hydrogen (secondary N) is 1. The van der Waals surface area contributed by atoms with Crippen molar-refractivity contribution >= 4 is 11.6 Å². The van der Waals surface area contributed by atoms with Gasteiger partial charge in [-0.3, -0.25) is 0 Å². The Morgan fingerprint density at radius 3 is 2.39 bits per heavy atom. The lowest BCUT2D eigenvalue weighted by Crippen LogP contribution is -2.57. The second-order valence-electron chi connectivity index (χ2n) is 5.65. The van der Waals surface area contributed by atoms with Gasteiger partial charge in [-0.2, -0.15) is 0 Å². The molecule has 2 aliphatic rings. The zero-order valence-corrected chi connectivity index (χ0v) is 11.4. The summed E-state index contributed by atoms with van der Waals surface area (Å²) in [7, 11) is 0. The van der Waals surface area contributed by atoms with Crippen molar-refractivity contribution in [1.82, 2.24) is 5.32 Å². The molecule has 3 heteroatoms. The Morgan fingerprint density at radius 1 is 1.17 bits per heavy atom. The summed E-state index contributed by atoms with van der Waals surface area (Å²) in [4.78, 5) is 0. The smallest absolute Gasteiger partial charge is 0.0468 e. The lowest BCUT2D eigenvalue weighted by molar-refractivity contribution is 0.0501. The lowest BCUT2D eigenvalue weighted by atomic mass is 9.68. The molecule has 0 amide bonds. The molecule has 2 saturated heterocycles. The van der Waals surface area contributed by atoms with Gasteiger partial charge in [-0.1, -0.05) is 23.7 Å². The first-order valence-corrected chi connectivity index (χ1v) is 7.21. The van der Waals surface area contributed by atoms with Crippen molar-refractivity contribution in [2.24, 2.45) is 5.92 Å².